The summed E-state index contributed by atoms with van der Waals surface area (Å²) < 4.78 is 8.06. The van der Waals surface area contributed by atoms with Crippen LogP contribution in [0.3, 0.4) is 0 Å². The number of amides is 1. The number of nitriles is 1. The Morgan fingerprint density at radius 2 is 2.16 bits per heavy atom. The molecule has 0 atom stereocenters. The minimum atomic E-state index is -0.170. The molecule has 0 aliphatic heterocycles. The van der Waals surface area contributed by atoms with Crippen LogP contribution in [0.1, 0.15) is 41.7 Å². The largest absolute Gasteiger partial charge is 0.446 e. The van der Waals surface area contributed by atoms with Crippen molar-refractivity contribution in [2.24, 2.45) is 0 Å². The zero-order valence-corrected chi connectivity index (χ0v) is 20.6. The average molecular weight is 532 g/mol. The van der Waals surface area contributed by atoms with E-state index in [2.05, 4.69) is 44.1 Å². The molecule has 1 N–H and O–H groups in total. The van der Waals surface area contributed by atoms with Crippen LogP contribution in [0.5, 0.6) is 0 Å². The number of aryl methyl sites for hydroxylation is 1. The van der Waals surface area contributed by atoms with Gasteiger partial charge in [-0.05, 0) is 59.3 Å². The molecule has 0 bridgehead atoms. The first kappa shape index (κ1) is 22.8. The number of fused-ring (bicyclic) bond motifs is 1. The molecule has 0 spiro atoms. The van der Waals surface area contributed by atoms with Gasteiger partial charge in [-0.3, -0.25) is 9.36 Å². The molecule has 3 aromatic heterocycles. The summed E-state index contributed by atoms with van der Waals surface area (Å²) in [6, 6.07) is 5.92. The van der Waals surface area contributed by atoms with Gasteiger partial charge in [-0.15, -0.1) is 28.1 Å². The highest BCUT2D eigenvalue weighted by Crippen LogP contribution is 2.36. The summed E-state index contributed by atoms with van der Waals surface area (Å²) >= 11 is 6.13. The summed E-state index contributed by atoms with van der Waals surface area (Å²) in [6.07, 6.45) is 8.28. The summed E-state index contributed by atoms with van der Waals surface area (Å²) in [7, 11) is 0. The molecular formula is C22H22BrN5O2S2. The van der Waals surface area contributed by atoms with E-state index in [0.29, 0.717) is 38.5 Å². The lowest BCUT2D eigenvalue weighted by atomic mass is 9.97. The third-order valence-electron chi connectivity index (χ3n) is 5.19. The van der Waals surface area contributed by atoms with Gasteiger partial charge in [0.25, 0.3) is 0 Å². The van der Waals surface area contributed by atoms with Crippen molar-refractivity contribution in [3.8, 4) is 17.7 Å². The number of hydrogen-bond acceptors (Lipinski definition) is 7. The molecule has 4 rings (SSSR count). The summed E-state index contributed by atoms with van der Waals surface area (Å²) in [5.74, 6) is 1.14. The number of nitrogens with one attached hydrogen (secondary N) is 1. The van der Waals surface area contributed by atoms with Crippen LogP contribution in [0.2, 0.25) is 0 Å². The van der Waals surface area contributed by atoms with Crippen LogP contribution in [-0.2, 0) is 24.2 Å². The van der Waals surface area contributed by atoms with Crippen LogP contribution >= 0.6 is 39.0 Å². The van der Waals surface area contributed by atoms with E-state index in [4.69, 9.17) is 4.42 Å². The third-order valence-corrected chi connectivity index (χ3v) is 7.79. The average Bonchev–Trinajstić information content (AvgIpc) is 3.44. The second-order valence-corrected chi connectivity index (χ2v) is 10.2. The highest BCUT2D eigenvalue weighted by molar-refractivity contribution is 9.10. The first-order valence-corrected chi connectivity index (χ1v) is 13.0. The van der Waals surface area contributed by atoms with Crippen molar-refractivity contribution < 1.29 is 9.21 Å². The van der Waals surface area contributed by atoms with Crippen molar-refractivity contribution in [1.82, 2.24) is 14.8 Å². The summed E-state index contributed by atoms with van der Waals surface area (Å²) in [5.41, 5.74) is 1.76. The predicted molar refractivity (Wildman–Crippen MR) is 130 cm³/mol. The fourth-order valence-corrected chi connectivity index (χ4v) is 6.03. The number of aromatic nitrogens is 3. The number of thiophene rings is 1. The summed E-state index contributed by atoms with van der Waals surface area (Å²) in [4.78, 5) is 14.0. The monoisotopic (exact) mass is 531 g/mol. The lowest BCUT2D eigenvalue weighted by Crippen LogP contribution is -2.14. The molecule has 0 radical (unpaired) electrons. The Kier molecular flexibility index (Phi) is 7.50. The Hall–Kier alpha value is -2.35. The molecule has 0 saturated carbocycles. The maximum atomic E-state index is 12.7. The maximum absolute atomic E-state index is 12.7. The SMILES string of the molecule is C=CCn1c(SCC(=O)Nc2sc3c(c2C#N)CCCCCC3)nnc1-c1ccc(Br)o1. The van der Waals surface area contributed by atoms with E-state index in [9.17, 15) is 10.1 Å². The molecule has 0 fully saturated rings. The van der Waals surface area contributed by atoms with Crippen molar-refractivity contribution in [3.05, 3.63) is 45.5 Å². The Bertz CT molecular complexity index is 1170. The van der Waals surface area contributed by atoms with Gasteiger partial charge in [0.1, 0.15) is 11.1 Å². The number of halogens is 1. The normalized spacial score (nSPS) is 13.6. The van der Waals surface area contributed by atoms with Crippen LogP contribution in [-0.4, -0.2) is 26.4 Å². The number of allylic oxidation sites excluding steroid dienone is 1. The molecule has 7 nitrogen and oxygen atoms in total. The van der Waals surface area contributed by atoms with E-state index < -0.39 is 0 Å². The maximum Gasteiger partial charge on any atom is 0.235 e. The molecule has 166 valence electrons. The molecule has 0 saturated heterocycles. The molecule has 1 amide bonds. The minimum Gasteiger partial charge on any atom is -0.446 e. The van der Waals surface area contributed by atoms with Crippen LogP contribution in [0.4, 0.5) is 5.00 Å². The Labute approximate surface area is 203 Å². The van der Waals surface area contributed by atoms with Crippen molar-refractivity contribution in [1.29, 1.82) is 5.26 Å². The lowest BCUT2D eigenvalue weighted by molar-refractivity contribution is -0.113. The fourth-order valence-electron chi connectivity index (χ4n) is 3.72. The number of carbonyl (C=O) groups excluding carboxylic acids is 1. The molecular weight excluding hydrogens is 510 g/mol. The standard InChI is InChI=1S/C22H22BrN5O2S2/c1-2-11-28-20(16-9-10-18(23)30-16)26-27-22(28)31-13-19(29)25-21-15(12-24)14-7-5-3-4-6-8-17(14)32-21/h2,9-10H,1,3-8,11,13H2,(H,25,29). The highest BCUT2D eigenvalue weighted by atomic mass is 79.9. The predicted octanol–water partition coefficient (Wildman–Crippen LogP) is 5.81. The van der Waals surface area contributed by atoms with Gasteiger partial charge in [0.05, 0.1) is 11.3 Å². The number of thioether (sulfide) groups is 1. The van der Waals surface area contributed by atoms with Crippen LogP contribution in [0, 0.1) is 11.3 Å². The Balaban J connectivity index is 1.47. The number of carbonyl (C=O) groups is 1. The van der Waals surface area contributed by atoms with Crippen molar-refractivity contribution in [3.63, 3.8) is 0 Å². The van der Waals surface area contributed by atoms with Gasteiger partial charge in [0.15, 0.2) is 15.6 Å². The van der Waals surface area contributed by atoms with Crippen molar-refractivity contribution in [2.75, 3.05) is 11.1 Å². The van der Waals surface area contributed by atoms with Crippen molar-refractivity contribution in [2.45, 2.75) is 50.2 Å². The van der Waals surface area contributed by atoms with Crippen LogP contribution in [0.15, 0.2) is 39.0 Å². The topological polar surface area (TPSA) is 96.7 Å². The lowest BCUT2D eigenvalue weighted by Gasteiger charge is -2.08. The van der Waals surface area contributed by atoms with E-state index in [1.165, 1.54) is 29.5 Å². The van der Waals surface area contributed by atoms with Gasteiger partial charge in [-0.1, -0.05) is 30.7 Å². The quantitative estimate of drug-likeness (QED) is 0.305. The molecule has 0 unspecified atom stereocenters. The molecule has 1 aliphatic carbocycles. The molecule has 0 aromatic carbocycles. The molecule has 3 aromatic rings. The van der Waals surface area contributed by atoms with Gasteiger partial charge in [-0.25, -0.2) is 0 Å². The molecule has 32 heavy (non-hydrogen) atoms. The Morgan fingerprint density at radius 3 is 2.88 bits per heavy atom. The van der Waals surface area contributed by atoms with E-state index in [0.717, 1.165) is 31.2 Å². The van der Waals surface area contributed by atoms with E-state index in [1.54, 1.807) is 29.5 Å². The zero-order chi connectivity index (χ0) is 22.5. The smallest absolute Gasteiger partial charge is 0.235 e. The first-order valence-electron chi connectivity index (χ1n) is 10.4. The van der Waals surface area contributed by atoms with Crippen molar-refractivity contribution >= 4 is 49.9 Å². The second kappa shape index (κ2) is 10.5. The summed E-state index contributed by atoms with van der Waals surface area (Å²) in [5, 5.41) is 22.4. The van der Waals surface area contributed by atoms with Gasteiger partial charge in [0, 0.05) is 11.4 Å². The highest BCUT2D eigenvalue weighted by Gasteiger charge is 2.21. The molecule has 3 heterocycles. The second-order valence-electron chi connectivity index (χ2n) is 7.38. The number of anilines is 1. The number of nitrogens with zero attached hydrogens (tertiary/aromatic N) is 4. The zero-order valence-electron chi connectivity index (χ0n) is 17.4. The van der Waals surface area contributed by atoms with Gasteiger partial charge < -0.3 is 9.73 Å². The minimum absolute atomic E-state index is 0.157. The fraction of sp³-hybridized carbons (Fsp3) is 0.364. The van der Waals surface area contributed by atoms with E-state index >= 15 is 0 Å². The van der Waals surface area contributed by atoms with Gasteiger partial charge in [-0.2, -0.15) is 5.26 Å². The van der Waals surface area contributed by atoms with Gasteiger partial charge >= 0.3 is 0 Å². The molecule has 1 aliphatic rings. The van der Waals surface area contributed by atoms with Crippen LogP contribution in [0.25, 0.3) is 11.6 Å². The number of hydrogen-bond donors (Lipinski definition) is 1. The Morgan fingerprint density at radius 1 is 1.34 bits per heavy atom. The number of furan rings is 1. The first-order chi connectivity index (χ1) is 15.6. The molecule has 10 heteroatoms. The summed E-state index contributed by atoms with van der Waals surface area (Å²) in [6.45, 7) is 4.28. The van der Waals surface area contributed by atoms with E-state index in [-0.39, 0.29) is 11.7 Å². The van der Waals surface area contributed by atoms with E-state index in [1.807, 2.05) is 4.57 Å². The third kappa shape index (κ3) is 5.00. The van der Waals surface area contributed by atoms with Crippen LogP contribution < -0.4 is 5.32 Å². The number of rotatable bonds is 7. The van der Waals surface area contributed by atoms with Gasteiger partial charge in [0.2, 0.25) is 11.7 Å².